The number of carbonyl (C=O) groups excluding carboxylic acids is 1. The molecule has 0 aromatic carbocycles. The normalized spacial score (nSPS) is 13.6. The molecule has 1 amide bonds. The van der Waals surface area contributed by atoms with E-state index in [-0.39, 0.29) is 12.0 Å². The molecule has 0 saturated heterocycles. The molecular formula is C8H17BrN2O4S. The van der Waals surface area contributed by atoms with Gasteiger partial charge in [0, 0.05) is 11.4 Å². The zero-order valence-corrected chi connectivity index (χ0v) is 11.9. The maximum atomic E-state index is 11.5. The number of carbonyl (C=O) groups is 1. The van der Waals surface area contributed by atoms with Gasteiger partial charge < -0.3 is 4.74 Å². The lowest BCUT2D eigenvalue weighted by Crippen LogP contribution is -2.47. The Morgan fingerprint density at radius 1 is 1.44 bits per heavy atom. The maximum Gasteiger partial charge on any atom is 0.421 e. The van der Waals surface area contributed by atoms with Crippen LogP contribution < -0.4 is 9.44 Å². The average Bonchev–Trinajstić information content (AvgIpc) is 2.15. The van der Waals surface area contributed by atoms with Gasteiger partial charge in [-0.15, -0.1) is 0 Å². The van der Waals surface area contributed by atoms with Crippen LogP contribution in [0.2, 0.25) is 0 Å². The van der Waals surface area contributed by atoms with E-state index in [2.05, 4.69) is 25.4 Å². The van der Waals surface area contributed by atoms with Gasteiger partial charge in [-0.05, 0) is 12.3 Å². The molecule has 8 heteroatoms. The van der Waals surface area contributed by atoms with Gasteiger partial charge in [0.15, 0.2) is 0 Å². The van der Waals surface area contributed by atoms with Gasteiger partial charge in [-0.3, -0.25) is 0 Å². The Balaban J connectivity index is 4.47. The van der Waals surface area contributed by atoms with Gasteiger partial charge in [-0.1, -0.05) is 29.8 Å². The predicted octanol–water partition coefficient (Wildman–Crippen LogP) is 0.986. The molecule has 16 heavy (non-hydrogen) atoms. The van der Waals surface area contributed by atoms with Crippen LogP contribution >= 0.6 is 15.9 Å². The monoisotopic (exact) mass is 316 g/mol. The average molecular weight is 317 g/mol. The van der Waals surface area contributed by atoms with Gasteiger partial charge in [0.2, 0.25) is 0 Å². The standard InChI is InChI=1S/C8H17BrN2O4S/c1-6(2)7(4-5-9)10-16(13,14)11-8(12)15-3/h6-7,10H,4-5H2,1-3H3,(H,11,12). The first kappa shape index (κ1) is 15.7. The van der Waals surface area contributed by atoms with Crippen LogP contribution in [-0.4, -0.2) is 33.0 Å². The Morgan fingerprint density at radius 3 is 2.38 bits per heavy atom. The van der Waals surface area contributed by atoms with Crippen molar-refractivity contribution in [3.63, 3.8) is 0 Å². The van der Waals surface area contributed by atoms with Gasteiger partial charge in [0.25, 0.3) is 0 Å². The van der Waals surface area contributed by atoms with Crippen LogP contribution in [0.1, 0.15) is 20.3 Å². The predicted molar refractivity (Wildman–Crippen MR) is 64.6 cm³/mol. The molecule has 0 radical (unpaired) electrons. The summed E-state index contributed by atoms with van der Waals surface area (Å²) in [6.07, 6.45) is -0.367. The van der Waals surface area contributed by atoms with Gasteiger partial charge in [-0.25, -0.2) is 9.52 Å². The summed E-state index contributed by atoms with van der Waals surface area (Å²) in [5.74, 6) is 0.131. The number of ether oxygens (including phenoxy) is 1. The zero-order valence-electron chi connectivity index (χ0n) is 9.49. The highest BCUT2D eigenvalue weighted by molar-refractivity contribution is 9.09. The number of amides is 1. The molecule has 0 bridgehead atoms. The van der Waals surface area contributed by atoms with Crippen molar-refractivity contribution in [2.75, 3.05) is 12.4 Å². The Bertz CT molecular complexity index is 318. The lowest BCUT2D eigenvalue weighted by Gasteiger charge is -2.21. The number of halogens is 1. The first-order chi connectivity index (χ1) is 7.32. The highest BCUT2D eigenvalue weighted by Crippen LogP contribution is 2.08. The smallest absolute Gasteiger partial charge is 0.421 e. The SMILES string of the molecule is COC(=O)NS(=O)(=O)NC(CCBr)C(C)C. The highest BCUT2D eigenvalue weighted by atomic mass is 79.9. The molecular weight excluding hydrogens is 300 g/mol. The van der Waals surface area contributed by atoms with Crippen molar-refractivity contribution in [1.82, 2.24) is 9.44 Å². The molecule has 0 fully saturated rings. The fourth-order valence-corrected chi connectivity index (χ4v) is 2.67. The van der Waals surface area contributed by atoms with Crippen molar-refractivity contribution in [2.24, 2.45) is 5.92 Å². The zero-order chi connectivity index (χ0) is 12.8. The second-order valence-corrected chi connectivity index (χ2v) is 5.78. The van der Waals surface area contributed by atoms with Crippen molar-refractivity contribution in [1.29, 1.82) is 0 Å². The number of nitrogens with one attached hydrogen (secondary N) is 2. The largest absolute Gasteiger partial charge is 0.452 e. The number of hydrogen-bond acceptors (Lipinski definition) is 4. The second-order valence-electron chi connectivity index (χ2n) is 3.54. The number of hydrogen-bond donors (Lipinski definition) is 2. The van der Waals surface area contributed by atoms with Crippen LogP contribution in [0.15, 0.2) is 0 Å². The third-order valence-electron chi connectivity index (χ3n) is 1.93. The van der Waals surface area contributed by atoms with Gasteiger partial charge in [-0.2, -0.15) is 13.1 Å². The number of rotatable bonds is 6. The molecule has 0 spiro atoms. The molecule has 1 atom stereocenters. The summed E-state index contributed by atoms with van der Waals surface area (Å²) in [6.45, 7) is 3.79. The summed E-state index contributed by atoms with van der Waals surface area (Å²) in [4.78, 5) is 10.8. The third kappa shape index (κ3) is 6.29. The van der Waals surface area contributed by atoms with E-state index >= 15 is 0 Å². The van der Waals surface area contributed by atoms with Crippen molar-refractivity contribution < 1.29 is 17.9 Å². The quantitative estimate of drug-likeness (QED) is 0.716. The third-order valence-corrected chi connectivity index (χ3v) is 3.44. The fourth-order valence-electron chi connectivity index (χ4n) is 1.03. The van der Waals surface area contributed by atoms with Gasteiger partial charge in [0.05, 0.1) is 7.11 Å². The van der Waals surface area contributed by atoms with Crippen molar-refractivity contribution in [2.45, 2.75) is 26.3 Å². The lowest BCUT2D eigenvalue weighted by molar-refractivity contribution is 0.177. The van der Waals surface area contributed by atoms with E-state index in [9.17, 15) is 13.2 Å². The highest BCUT2D eigenvalue weighted by Gasteiger charge is 2.21. The van der Waals surface area contributed by atoms with E-state index in [0.717, 1.165) is 7.11 Å². The van der Waals surface area contributed by atoms with Crippen LogP contribution in [-0.2, 0) is 14.9 Å². The second kappa shape index (κ2) is 7.08. The van der Waals surface area contributed by atoms with Crippen molar-refractivity contribution >= 4 is 32.2 Å². The Hall–Kier alpha value is -0.340. The summed E-state index contributed by atoms with van der Waals surface area (Å²) in [7, 11) is -2.75. The lowest BCUT2D eigenvalue weighted by atomic mass is 10.0. The van der Waals surface area contributed by atoms with Crippen LogP contribution in [0.4, 0.5) is 4.79 Å². The maximum absolute atomic E-state index is 11.5. The Morgan fingerprint density at radius 2 is 2.00 bits per heavy atom. The van der Waals surface area contributed by atoms with E-state index in [1.807, 2.05) is 13.8 Å². The minimum atomic E-state index is -3.85. The molecule has 0 aliphatic carbocycles. The van der Waals surface area contributed by atoms with E-state index in [4.69, 9.17) is 0 Å². The molecule has 0 saturated carbocycles. The molecule has 2 N–H and O–H groups in total. The van der Waals surface area contributed by atoms with E-state index in [1.165, 1.54) is 0 Å². The van der Waals surface area contributed by atoms with Gasteiger partial charge in [0.1, 0.15) is 0 Å². The van der Waals surface area contributed by atoms with Crippen LogP contribution in [0.5, 0.6) is 0 Å². The fraction of sp³-hybridized carbons (Fsp3) is 0.875. The molecule has 0 aliphatic rings. The number of alkyl halides is 1. The summed E-state index contributed by atoms with van der Waals surface area (Å²) in [5.41, 5.74) is 0. The molecule has 1 unspecified atom stereocenters. The summed E-state index contributed by atoms with van der Waals surface area (Å²) >= 11 is 3.24. The van der Waals surface area contributed by atoms with Crippen LogP contribution in [0.3, 0.4) is 0 Å². The summed E-state index contributed by atoms with van der Waals surface area (Å²) in [6, 6.07) is -0.235. The first-order valence-corrected chi connectivity index (χ1v) is 7.36. The molecule has 0 aromatic rings. The van der Waals surface area contributed by atoms with Crippen LogP contribution in [0, 0.1) is 5.92 Å². The molecule has 0 aromatic heterocycles. The first-order valence-electron chi connectivity index (χ1n) is 4.76. The summed E-state index contributed by atoms with van der Waals surface area (Å²) in [5, 5.41) is 0.677. The van der Waals surface area contributed by atoms with Gasteiger partial charge >= 0.3 is 16.3 Å². The van der Waals surface area contributed by atoms with E-state index < -0.39 is 16.3 Å². The number of methoxy groups -OCH3 is 1. The van der Waals surface area contributed by atoms with E-state index in [1.54, 1.807) is 4.72 Å². The molecule has 0 rings (SSSR count). The molecule has 96 valence electrons. The molecule has 6 nitrogen and oxygen atoms in total. The minimum absolute atomic E-state index is 0.131. The van der Waals surface area contributed by atoms with Crippen molar-refractivity contribution in [3.8, 4) is 0 Å². The molecule has 0 heterocycles. The van der Waals surface area contributed by atoms with Crippen LogP contribution in [0.25, 0.3) is 0 Å². The Labute approximate surface area is 104 Å². The van der Waals surface area contributed by atoms with E-state index in [0.29, 0.717) is 11.8 Å². The molecule has 0 aliphatic heterocycles. The van der Waals surface area contributed by atoms with Crippen molar-refractivity contribution in [3.05, 3.63) is 0 Å². The summed E-state index contributed by atoms with van der Waals surface area (Å²) < 4.78 is 31.2. The topological polar surface area (TPSA) is 84.5 Å². The minimum Gasteiger partial charge on any atom is -0.452 e. The Kier molecular flexibility index (Phi) is 6.93.